The summed E-state index contributed by atoms with van der Waals surface area (Å²) in [5.74, 6) is -4.47. The number of benzene rings is 2. The number of methoxy groups -OCH3 is 2. The van der Waals surface area contributed by atoms with Gasteiger partial charge < -0.3 is 19.9 Å². The van der Waals surface area contributed by atoms with Crippen LogP contribution in [0.2, 0.25) is 5.02 Å². The highest BCUT2D eigenvalue weighted by Gasteiger charge is 2.43. The molecule has 0 bridgehead atoms. The maximum Gasteiger partial charge on any atom is 0.355 e. The van der Waals surface area contributed by atoms with E-state index >= 15 is 4.39 Å². The van der Waals surface area contributed by atoms with Crippen molar-refractivity contribution in [1.82, 2.24) is 0 Å². The summed E-state index contributed by atoms with van der Waals surface area (Å²) < 4.78 is 30.8. The fraction of sp³-hybridized carbons (Fsp3) is 0.208. The predicted molar refractivity (Wildman–Crippen MR) is 122 cm³/mol. The number of hydrogen-bond donors (Lipinski definition) is 1. The molecule has 2 aromatic carbocycles. The number of hydrogen-bond acceptors (Lipinski definition) is 8. The lowest BCUT2D eigenvalue weighted by atomic mass is 9.81. The number of rotatable bonds is 6. The molecule has 0 fully saturated rings. The SMILES string of the molecule is CCOc1c(Cl)ccc(N2C(N)=C(C#N)C(c3ccccc3)C(C(=O)OC)=C2C(=O)OC)c1F. The van der Waals surface area contributed by atoms with Crippen molar-refractivity contribution in [3.8, 4) is 11.8 Å². The van der Waals surface area contributed by atoms with Gasteiger partial charge in [0, 0.05) is 0 Å². The quantitative estimate of drug-likeness (QED) is 0.615. The summed E-state index contributed by atoms with van der Waals surface area (Å²) in [6, 6.07) is 13.1. The first-order valence-electron chi connectivity index (χ1n) is 10.1. The predicted octanol–water partition coefficient (Wildman–Crippen LogP) is 3.78. The number of nitriles is 1. The normalized spacial score (nSPS) is 15.6. The number of allylic oxidation sites excluding steroid dienone is 1. The first-order chi connectivity index (χ1) is 16.3. The van der Waals surface area contributed by atoms with Gasteiger partial charge in [0.2, 0.25) is 0 Å². The van der Waals surface area contributed by atoms with Crippen LogP contribution in [0.5, 0.6) is 5.75 Å². The molecule has 2 N–H and O–H groups in total. The van der Waals surface area contributed by atoms with Crippen molar-refractivity contribution < 1.29 is 28.2 Å². The van der Waals surface area contributed by atoms with Gasteiger partial charge >= 0.3 is 11.9 Å². The van der Waals surface area contributed by atoms with Crippen molar-refractivity contribution in [2.75, 3.05) is 25.7 Å². The van der Waals surface area contributed by atoms with Gasteiger partial charge in [-0.3, -0.25) is 4.90 Å². The molecule has 10 heteroatoms. The Bertz CT molecular complexity index is 1240. The minimum atomic E-state index is -1.06. The lowest BCUT2D eigenvalue weighted by Gasteiger charge is -2.36. The molecule has 0 radical (unpaired) electrons. The number of anilines is 1. The van der Waals surface area contributed by atoms with Crippen LogP contribution in [0, 0.1) is 17.1 Å². The van der Waals surface area contributed by atoms with Crippen molar-refractivity contribution >= 4 is 29.2 Å². The second-order valence-electron chi connectivity index (χ2n) is 6.98. The van der Waals surface area contributed by atoms with Crippen molar-refractivity contribution in [2.24, 2.45) is 5.73 Å². The molecule has 0 aromatic heterocycles. The zero-order chi connectivity index (χ0) is 25.0. The van der Waals surface area contributed by atoms with Crippen LogP contribution in [0.25, 0.3) is 0 Å². The number of halogens is 2. The second-order valence-corrected chi connectivity index (χ2v) is 7.39. The lowest BCUT2D eigenvalue weighted by molar-refractivity contribution is -0.139. The molecular formula is C24H21ClFN3O5. The van der Waals surface area contributed by atoms with Crippen molar-refractivity contribution in [3.05, 3.63) is 81.5 Å². The van der Waals surface area contributed by atoms with E-state index < -0.39 is 29.4 Å². The first-order valence-corrected chi connectivity index (χ1v) is 10.5. The highest BCUT2D eigenvalue weighted by molar-refractivity contribution is 6.32. The number of carbonyl (C=O) groups excluding carboxylic acids is 2. The van der Waals surface area contributed by atoms with Crippen molar-refractivity contribution in [3.63, 3.8) is 0 Å². The summed E-state index contributed by atoms with van der Waals surface area (Å²) in [5.41, 5.74) is 5.86. The average Bonchev–Trinajstić information content (AvgIpc) is 2.85. The van der Waals surface area contributed by atoms with Crippen LogP contribution >= 0.6 is 11.6 Å². The molecule has 3 rings (SSSR count). The van der Waals surface area contributed by atoms with Gasteiger partial charge in [0.05, 0.1) is 54.7 Å². The number of esters is 2. The van der Waals surface area contributed by atoms with Gasteiger partial charge in [0.15, 0.2) is 11.6 Å². The Balaban J connectivity index is 2.44. The van der Waals surface area contributed by atoms with Crippen LogP contribution in [-0.4, -0.2) is 32.8 Å². The minimum Gasteiger partial charge on any atom is -0.489 e. The summed E-state index contributed by atoms with van der Waals surface area (Å²) >= 11 is 6.09. The third kappa shape index (κ3) is 4.16. The van der Waals surface area contributed by atoms with E-state index in [2.05, 4.69) is 0 Å². The first kappa shape index (κ1) is 24.6. The Labute approximate surface area is 200 Å². The zero-order valence-corrected chi connectivity index (χ0v) is 19.4. The summed E-state index contributed by atoms with van der Waals surface area (Å²) in [5, 5.41) is 10.0. The summed E-state index contributed by atoms with van der Waals surface area (Å²) in [7, 11) is 2.23. The summed E-state index contributed by atoms with van der Waals surface area (Å²) in [4.78, 5) is 27.0. The number of carbonyl (C=O) groups is 2. The van der Waals surface area contributed by atoms with Gasteiger partial charge in [0.25, 0.3) is 0 Å². The van der Waals surface area contributed by atoms with Gasteiger partial charge in [-0.2, -0.15) is 5.26 Å². The molecule has 2 aromatic rings. The molecule has 0 aliphatic carbocycles. The van der Waals surface area contributed by atoms with Gasteiger partial charge in [0.1, 0.15) is 11.5 Å². The third-order valence-corrected chi connectivity index (χ3v) is 5.47. The lowest BCUT2D eigenvalue weighted by Crippen LogP contribution is -2.41. The van der Waals surface area contributed by atoms with Crippen molar-refractivity contribution in [1.29, 1.82) is 5.26 Å². The molecule has 0 spiro atoms. The van der Waals surface area contributed by atoms with Gasteiger partial charge in [-0.25, -0.2) is 14.0 Å². The molecular weight excluding hydrogens is 465 g/mol. The molecule has 1 heterocycles. The maximum atomic E-state index is 15.6. The van der Waals surface area contributed by atoms with Crippen LogP contribution in [0.15, 0.2) is 65.1 Å². The monoisotopic (exact) mass is 485 g/mol. The molecule has 0 saturated heterocycles. The van der Waals surface area contributed by atoms with E-state index in [-0.39, 0.29) is 40.0 Å². The highest BCUT2D eigenvalue weighted by atomic mass is 35.5. The van der Waals surface area contributed by atoms with E-state index in [9.17, 15) is 14.9 Å². The smallest absolute Gasteiger partial charge is 0.355 e. The summed E-state index contributed by atoms with van der Waals surface area (Å²) in [6.45, 7) is 1.75. The Morgan fingerprint density at radius 1 is 1.15 bits per heavy atom. The molecule has 0 amide bonds. The largest absolute Gasteiger partial charge is 0.489 e. The molecule has 1 aliphatic heterocycles. The van der Waals surface area contributed by atoms with E-state index in [1.807, 2.05) is 6.07 Å². The standard InChI is InChI=1S/C24H21ClFN3O5/c1-4-34-21-15(25)10-11-16(19(21)26)29-20(24(31)33-3)18(23(30)32-2)17(14(12-27)22(29)28)13-8-6-5-7-9-13/h5-11,17H,4,28H2,1-3H3. The van der Waals surface area contributed by atoms with Gasteiger partial charge in [-0.15, -0.1) is 0 Å². The van der Waals surface area contributed by atoms with E-state index in [1.54, 1.807) is 37.3 Å². The zero-order valence-electron chi connectivity index (χ0n) is 18.6. The number of nitrogens with two attached hydrogens (primary N) is 1. The molecule has 34 heavy (non-hydrogen) atoms. The van der Waals surface area contributed by atoms with Crippen LogP contribution in [-0.2, 0) is 19.1 Å². The van der Waals surface area contributed by atoms with Crippen LogP contribution in [0.1, 0.15) is 18.4 Å². The average molecular weight is 486 g/mol. The van der Waals surface area contributed by atoms with Gasteiger partial charge in [-0.1, -0.05) is 41.9 Å². The summed E-state index contributed by atoms with van der Waals surface area (Å²) in [6.07, 6.45) is 0. The molecule has 1 aliphatic rings. The third-order valence-electron chi connectivity index (χ3n) is 5.17. The molecule has 176 valence electrons. The Hall–Kier alpha value is -4.03. The maximum absolute atomic E-state index is 15.6. The van der Waals surface area contributed by atoms with Crippen LogP contribution < -0.4 is 15.4 Å². The Kier molecular flexibility index (Phi) is 7.44. The fourth-order valence-electron chi connectivity index (χ4n) is 3.74. The van der Waals surface area contributed by atoms with Crippen LogP contribution in [0.3, 0.4) is 0 Å². The number of nitrogens with zero attached hydrogens (tertiary/aromatic N) is 2. The Morgan fingerprint density at radius 2 is 1.79 bits per heavy atom. The molecule has 0 saturated carbocycles. The number of ether oxygens (including phenoxy) is 3. The van der Waals surface area contributed by atoms with E-state index in [0.29, 0.717) is 5.56 Å². The van der Waals surface area contributed by atoms with E-state index in [1.165, 1.54) is 12.1 Å². The molecule has 1 atom stereocenters. The van der Waals surface area contributed by atoms with Crippen LogP contribution in [0.4, 0.5) is 10.1 Å². The highest BCUT2D eigenvalue weighted by Crippen LogP contribution is 2.45. The van der Waals surface area contributed by atoms with E-state index in [4.69, 9.17) is 31.5 Å². The van der Waals surface area contributed by atoms with Crippen molar-refractivity contribution in [2.45, 2.75) is 12.8 Å². The van der Waals surface area contributed by atoms with E-state index in [0.717, 1.165) is 19.1 Å². The molecule has 8 nitrogen and oxygen atoms in total. The van der Waals surface area contributed by atoms with Gasteiger partial charge in [-0.05, 0) is 24.6 Å². The Morgan fingerprint density at radius 3 is 2.35 bits per heavy atom. The topological polar surface area (TPSA) is 115 Å². The fourth-order valence-corrected chi connectivity index (χ4v) is 3.94. The molecule has 1 unspecified atom stereocenters. The minimum absolute atomic E-state index is 0.0119. The second kappa shape index (κ2) is 10.3.